The van der Waals surface area contributed by atoms with E-state index >= 15 is 0 Å². The second-order valence-corrected chi connectivity index (χ2v) is 49.9. The molecule has 6 atom stereocenters. The molecule has 8 amide bonds. The molecule has 33 heteroatoms. The summed E-state index contributed by atoms with van der Waals surface area (Å²) in [6.45, 7) is 44.3. The zero-order valence-electron chi connectivity index (χ0n) is 86.3. The number of nitrogens with zero attached hydrogens (tertiary/aromatic N) is 18. The molecule has 10 fully saturated rings. The van der Waals surface area contributed by atoms with Crippen molar-refractivity contribution in [2.75, 3.05) is 198 Å². The molecular formula is C109H159N21O9S3. The van der Waals surface area contributed by atoms with Crippen LogP contribution in [0.25, 0.3) is 22.3 Å². The molecule has 8 aromatic rings. The third kappa shape index (κ3) is 23.9. The highest BCUT2D eigenvalue weighted by Gasteiger charge is 2.55. The zero-order chi connectivity index (χ0) is 100. The van der Waals surface area contributed by atoms with Crippen LogP contribution in [0.15, 0.2) is 143 Å². The summed E-state index contributed by atoms with van der Waals surface area (Å²) in [5.41, 5.74) is 11.9. The molecule has 0 saturated carbocycles. The lowest BCUT2D eigenvalue weighted by Gasteiger charge is -2.43. The number of urea groups is 1. The molecule has 3 N–H and O–H groups in total. The SMILES string of the molecule is CN1CCC(N2CCN(c3ccccc3C3SC(CC(=O)N4CCC(N5CCc6ccccc6NC5=O)CC4)C(=O)N3CCC(C)(C)C)CC2)CC1.CN1CCN(c2ccccc2[C@@H]2S[C@](C)(CC(=O)N3CCC(n4c(=O)[nH]c5ncccc54)CC3)C(=O)N2CCC(C)(C)C)CC1.CN1CCN(c2ccccc2[C@H]2S[C@](C)(CC(=O)N3CCC(n4c(=O)[nH]c5ncccc54)CC3)C(=O)N2CCC(C)(C)C)CC1.[HH].[HH].[HH]. The number of hydrogen-bond donors (Lipinski definition) is 3. The maximum Gasteiger partial charge on any atom is 0.327 e. The van der Waals surface area contributed by atoms with Crippen molar-refractivity contribution in [2.45, 2.75) is 228 Å². The summed E-state index contributed by atoms with van der Waals surface area (Å²) in [5.74, 6) is 0.256. The number of piperidine rings is 4. The summed E-state index contributed by atoms with van der Waals surface area (Å²) in [7, 11) is 6.55. The van der Waals surface area contributed by atoms with Crippen molar-refractivity contribution in [3.05, 3.63) is 177 Å². The van der Waals surface area contributed by atoms with Crippen LogP contribution in [-0.2, 0) is 35.2 Å². The summed E-state index contributed by atoms with van der Waals surface area (Å²) in [6, 6.07) is 41.9. The quantitative estimate of drug-likeness (QED) is 0.0568. The number of likely N-dealkylation sites (tertiary alicyclic amines) is 4. The van der Waals surface area contributed by atoms with Crippen LogP contribution >= 0.6 is 35.3 Å². The number of benzene rings is 4. The van der Waals surface area contributed by atoms with Gasteiger partial charge in [0.15, 0.2) is 11.3 Å². The molecule has 142 heavy (non-hydrogen) atoms. The van der Waals surface area contributed by atoms with E-state index in [1.165, 1.54) is 48.6 Å². The summed E-state index contributed by atoms with van der Waals surface area (Å²) in [6.07, 6.45) is 14.1. The number of fused-ring (bicyclic) bond motifs is 3. The van der Waals surface area contributed by atoms with Crippen LogP contribution in [0.5, 0.6) is 0 Å². The van der Waals surface area contributed by atoms with Crippen LogP contribution < -0.4 is 31.4 Å². The molecule has 19 rings (SSSR count). The molecule has 10 saturated heterocycles. The minimum Gasteiger partial charge on any atom is -0.369 e. The summed E-state index contributed by atoms with van der Waals surface area (Å²) >= 11 is 4.95. The smallest absolute Gasteiger partial charge is 0.327 e. The van der Waals surface area contributed by atoms with E-state index in [1.54, 1.807) is 56.8 Å². The lowest BCUT2D eigenvalue weighted by Crippen LogP contribution is -2.53. The lowest BCUT2D eigenvalue weighted by molar-refractivity contribution is -0.139. The average Bonchev–Trinajstić information content (AvgIpc) is 1.60. The van der Waals surface area contributed by atoms with Gasteiger partial charge in [-0.1, -0.05) is 135 Å². The standard InChI is InChI=1S/C41H59N7O3S.2C34H47N7O3S.3H2/c1-41(2,3)18-24-48-38(50)36(29-37(49)46-21-16-32(17-22-46)47-23-13-30-9-5-7-11-34(30)42-40(47)51)52-39(48)33-10-6-8-12-35(33)45-27-25-44(26-28-45)31-14-19-43(4)20-15-31;2*1-33(2,3)14-18-40-30(25-9-6-7-10-26(25)38-21-19-37(5)20-22-38)45-34(4,31(40)43)23-28(42)39-16-12-24(13-17-39)41-27-11-8-15-35-29(27)36-32(41)44;;;/h5-12,31-32,36,39H,13-29H2,1-4H3,(H,42,51);2*6-11,15,24,30H,12-14,16-23H2,1-5H3,(H,35,36,44);3*1H/t;30-,34+;30-,34-;;;/m.01.../s1. The molecule has 30 nitrogen and oxygen atoms in total. The first-order valence-electron chi connectivity index (χ1n) is 52.3. The molecule has 0 spiro atoms. The van der Waals surface area contributed by atoms with Crippen LogP contribution in [0.3, 0.4) is 0 Å². The molecule has 0 aliphatic carbocycles. The van der Waals surface area contributed by atoms with Gasteiger partial charge in [-0.25, -0.2) is 24.4 Å². The lowest BCUT2D eigenvalue weighted by atomic mass is 9.91. The number of pyridine rings is 2. The Morgan fingerprint density at radius 2 is 0.782 bits per heavy atom. The fourth-order valence-electron chi connectivity index (χ4n) is 22.6. The molecule has 4 aromatic carbocycles. The van der Waals surface area contributed by atoms with Gasteiger partial charge < -0.3 is 69.0 Å². The Labute approximate surface area is 856 Å². The van der Waals surface area contributed by atoms with Gasteiger partial charge in [0.1, 0.15) is 25.6 Å². The van der Waals surface area contributed by atoms with Crippen LogP contribution in [0.1, 0.15) is 221 Å². The Bertz CT molecular complexity index is 5670. The molecule has 2 unspecified atom stereocenters. The number of thioether (sulfide) groups is 3. The van der Waals surface area contributed by atoms with E-state index in [9.17, 15) is 43.2 Å². The second-order valence-electron chi connectivity index (χ2n) is 45.4. The minimum absolute atomic E-state index is 0. The largest absolute Gasteiger partial charge is 0.369 e. The summed E-state index contributed by atoms with van der Waals surface area (Å²) in [5, 5.41) is 2.27. The van der Waals surface area contributed by atoms with Gasteiger partial charge in [0.25, 0.3) is 0 Å². The van der Waals surface area contributed by atoms with E-state index in [2.05, 4.69) is 227 Å². The number of amides is 8. The third-order valence-electron chi connectivity index (χ3n) is 31.4. The van der Waals surface area contributed by atoms with E-state index in [4.69, 9.17) is 0 Å². The molecule has 4 aromatic heterocycles. The van der Waals surface area contributed by atoms with Gasteiger partial charge in [0, 0.05) is 231 Å². The van der Waals surface area contributed by atoms with Crippen molar-refractivity contribution in [3.8, 4) is 0 Å². The maximum atomic E-state index is 14.3. The Morgan fingerprint density at radius 1 is 0.408 bits per heavy atom. The topological polar surface area (TPSA) is 278 Å². The number of likely N-dealkylation sites (N-methyl/N-ethyl adjacent to an activating group) is 2. The number of nitrogens with one attached hydrogen (secondary N) is 3. The van der Waals surface area contributed by atoms with Gasteiger partial charge in [-0.05, 0) is 195 Å². The molecule has 0 bridgehead atoms. The van der Waals surface area contributed by atoms with Crippen LogP contribution in [0.4, 0.5) is 27.5 Å². The minimum atomic E-state index is -0.856. The number of rotatable bonds is 22. The highest BCUT2D eigenvalue weighted by atomic mass is 32.2. The first-order chi connectivity index (χ1) is 67.9. The zero-order valence-corrected chi connectivity index (χ0v) is 88.8. The van der Waals surface area contributed by atoms with Crippen LogP contribution in [0, 0.1) is 16.2 Å². The van der Waals surface area contributed by atoms with Crippen molar-refractivity contribution in [3.63, 3.8) is 0 Å². The van der Waals surface area contributed by atoms with Crippen molar-refractivity contribution in [1.29, 1.82) is 0 Å². The van der Waals surface area contributed by atoms with Gasteiger partial charge in [-0.15, -0.1) is 35.3 Å². The third-order valence-corrected chi connectivity index (χ3v) is 36.0. The number of piperazine rings is 3. The van der Waals surface area contributed by atoms with E-state index in [1.807, 2.05) is 85.7 Å². The predicted molar refractivity (Wildman–Crippen MR) is 578 cm³/mol. The number of H-pyrrole nitrogens is 2. The molecule has 0 radical (unpaired) electrons. The van der Waals surface area contributed by atoms with Gasteiger partial charge in [-0.2, -0.15) is 0 Å². The number of hydrogen-bond acceptors (Lipinski definition) is 21. The Morgan fingerprint density at radius 3 is 1.22 bits per heavy atom. The van der Waals surface area contributed by atoms with Crippen molar-refractivity contribution in [1.82, 2.24) is 83.0 Å². The van der Waals surface area contributed by atoms with E-state index in [-0.39, 0.29) is 127 Å². The van der Waals surface area contributed by atoms with Crippen LogP contribution in [-0.4, -0.2) is 329 Å². The Balaban J connectivity index is 0.000000171. The fourth-order valence-corrected chi connectivity index (χ4v) is 27.3. The first-order valence-corrected chi connectivity index (χ1v) is 55.0. The number of aromatic amines is 2. The normalized spacial score (nSPS) is 24.1. The number of carbonyl (C=O) groups is 7. The predicted octanol–water partition coefficient (Wildman–Crippen LogP) is 15.5. The second kappa shape index (κ2) is 44.2. The monoisotopic (exact) mass is 2000 g/mol. The van der Waals surface area contributed by atoms with Crippen molar-refractivity contribution in [2.24, 2.45) is 16.2 Å². The molecule has 11 aliphatic rings. The van der Waals surface area contributed by atoms with Gasteiger partial charge in [-0.3, -0.25) is 52.8 Å². The van der Waals surface area contributed by atoms with Gasteiger partial charge in [0.2, 0.25) is 35.4 Å². The Hall–Kier alpha value is -9.90. The summed E-state index contributed by atoms with van der Waals surface area (Å²) < 4.78 is 1.87. The molecule has 11 aliphatic heterocycles. The van der Waals surface area contributed by atoms with Crippen molar-refractivity contribution < 1.29 is 37.8 Å². The Kier molecular flexibility index (Phi) is 32.2. The highest BCUT2D eigenvalue weighted by molar-refractivity contribution is 8.02. The number of imidazole rings is 2. The van der Waals surface area contributed by atoms with Crippen molar-refractivity contribution >= 4 is 122 Å². The molecule has 15 heterocycles. The van der Waals surface area contributed by atoms with E-state index in [0.29, 0.717) is 108 Å². The first kappa shape index (κ1) is 104. The number of carbonyl (C=O) groups excluding carboxylic acids is 7. The summed E-state index contributed by atoms with van der Waals surface area (Å²) in [4.78, 5) is 168. The van der Waals surface area contributed by atoms with Gasteiger partial charge >= 0.3 is 17.4 Å². The number of para-hydroxylation sites is 4. The highest BCUT2D eigenvalue weighted by Crippen LogP contribution is 2.56. The average molecular weight is 2000 g/mol. The molecule has 772 valence electrons. The number of anilines is 4. The van der Waals surface area contributed by atoms with Gasteiger partial charge in [0.05, 0.1) is 29.1 Å². The fraction of sp³-hybridized carbons (Fsp3) is 0.606. The van der Waals surface area contributed by atoms with E-state index < -0.39 is 14.7 Å². The maximum absolute atomic E-state index is 14.3. The number of aromatic nitrogens is 6. The molecular weight excluding hydrogens is 1840 g/mol. The van der Waals surface area contributed by atoms with E-state index in [0.717, 1.165) is 150 Å². The van der Waals surface area contributed by atoms with Crippen LogP contribution in [0.2, 0.25) is 0 Å².